The van der Waals surface area contributed by atoms with Gasteiger partial charge in [0.1, 0.15) is 11.4 Å². The van der Waals surface area contributed by atoms with Gasteiger partial charge in [-0.2, -0.15) is 0 Å². The predicted molar refractivity (Wildman–Crippen MR) is 71.3 cm³/mol. The number of benzene rings is 1. The van der Waals surface area contributed by atoms with E-state index in [9.17, 15) is 0 Å². The van der Waals surface area contributed by atoms with Crippen LogP contribution in [-0.2, 0) is 0 Å². The van der Waals surface area contributed by atoms with Crippen molar-refractivity contribution in [3.05, 3.63) is 45.5 Å². The first-order chi connectivity index (χ1) is 8.15. The number of aromatic nitrogens is 1. The minimum atomic E-state index is 0.318. The van der Waals surface area contributed by atoms with E-state index < -0.39 is 0 Å². The quantitative estimate of drug-likeness (QED) is 0.746. The van der Waals surface area contributed by atoms with Gasteiger partial charge in [-0.3, -0.25) is 4.98 Å². The van der Waals surface area contributed by atoms with E-state index in [0.29, 0.717) is 32.1 Å². The Balaban J connectivity index is 2.65. The van der Waals surface area contributed by atoms with Crippen LogP contribution in [0.25, 0.3) is 11.3 Å². The smallest absolute Gasteiger partial charge is 0.145 e. The van der Waals surface area contributed by atoms with E-state index in [4.69, 9.17) is 39.5 Å². The molecule has 0 saturated heterocycles. The van der Waals surface area contributed by atoms with Crippen molar-refractivity contribution in [3.63, 3.8) is 0 Å². The standard InChI is InChI=1S/C12H8Cl3NO/c1-17-9-3-2-6-16-12(9)7-4-5-8(13)11(15)10(7)14/h2-6H,1H3. The summed E-state index contributed by atoms with van der Waals surface area (Å²) in [6, 6.07) is 7.04. The van der Waals surface area contributed by atoms with Crippen LogP contribution in [0.5, 0.6) is 5.75 Å². The Morgan fingerprint density at radius 3 is 2.53 bits per heavy atom. The van der Waals surface area contributed by atoms with Crippen LogP contribution < -0.4 is 4.74 Å². The lowest BCUT2D eigenvalue weighted by Gasteiger charge is -2.10. The molecule has 1 aromatic carbocycles. The molecule has 1 heterocycles. The summed E-state index contributed by atoms with van der Waals surface area (Å²) in [5.41, 5.74) is 1.33. The van der Waals surface area contributed by atoms with Crippen molar-refractivity contribution in [2.24, 2.45) is 0 Å². The van der Waals surface area contributed by atoms with E-state index in [2.05, 4.69) is 4.98 Å². The molecule has 2 rings (SSSR count). The molecule has 0 aliphatic heterocycles. The molecule has 0 atom stereocenters. The molecule has 0 radical (unpaired) electrons. The summed E-state index contributed by atoms with van der Waals surface area (Å²) >= 11 is 18.0. The molecule has 0 saturated carbocycles. The van der Waals surface area contributed by atoms with E-state index >= 15 is 0 Å². The number of methoxy groups -OCH3 is 1. The number of halogens is 3. The third-order valence-corrected chi connectivity index (χ3v) is 3.57. The Kier molecular flexibility index (Phi) is 3.77. The zero-order valence-electron chi connectivity index (χ0n) is 8.88. The zero-order valence-corrected chi connectivity index (χ0v) is 11.1. The van der Waals surface area contributed by atoms with Crippen LogP contribution in [-0.4, -0.2) is 12.1 Å². The highest BCUT2D eigenvalue weighted by molar-refractivity contribution is 6.49. The van der Waals surface area contributed by atoms with Crippen molar-refractivity contribution in [1.29, 1.82) is 0 Å². The Morgan fingerprint density at radius 2 is 1.82 bits per heavy atom. The van der Waals surface area contributed by atoms with Crippen molar-refractivity contribution >= 4 is 34.8 Å². The molecule has 1 aromatic heterocycles. The third kappa shape index (κ3) is 2.34. The highest BCUT2D eigenvalue weighted by Gasteiger charge is 2.14. The average molecular weight is 289 g/mol. The van der Waals surface area contributed by atoms with Crippen molar-refractivity contribution < 1.29 is 4.74 Å². The van der Waals surface area contributed by atoms with E-state index in [1.807, 2.05) is 0 Å². The Hall–Kier alpha value is -0.960. The van der Waals surface area contributed by atoms with Gasteiger partial charge in [0.2, 0.25) is 0 Å². The second-order valence-corrected chi connectivity index (χ2v) is 4.44. The highest BCUT2D eigenvalue weighted by atomic mass is 35.5. The molecule has 17 heavy (non-hydrogen) atoms. The molecule has 2 nitrogen and oxygen atoms in total. The topological polar surface area (TPSA) is 22.1 Å². The Morgan fingerprint density at radius 1 is 1.06 bits per heavy atom. The van der Waals surface area contributed by atoms with Crippen LogP contribution in [0.4, 0.5) is 0 Å². The first kappa shape index (κ1) is 12.5. The van der Waals surface area contributed by atoms with E-state index in [1.165, 1.54) is 0 Å². The summed E-state index contributed by atoms with van der Waals surface area (Å²) in [7, 11) is 1.58. The maximum absolute atomic E-state index is 6.15. The molecule has 0 bridgehead atoms. The molecule has 0 N–H and O–H groups in total. The average Bonchev–Trinajstić information content (AvgIpc) is 2.36. The lowest BCUT2D eigenvalue weighted by Crippen LogP contribution is -1.91. The van der Waals surface area contributed by atoms with Crippen molar-refractivity contribution in [2.45, 2.75) is 0 Å². The molecule has 0 amide bonds. The Bertz CT molecular complexity index is 557. The summed E-state index contributed by atoms with van der Waals surface area (Å²) in [6.07, 6.45) is 1.66. The normalized spacial score (nSPS) is 10.4. The van der Waals surface area contributed by atoms with Crippen molar-refractivity contribution in [2.75, 3.05) is 7.11 Å². The summed E-state index contributed by atoms with van der Waals surface area (Å²) in [6.45, 7) is 0. The van der Waals surface area contributed by atoms with Crippen LogP contribution in [0, 0.1) is 0 Å². The van der Waals surface area contributed by atoms with Crippen molar-refractivity contribution in [3.8, 4) is 17.0 Å². The number of hydrogen-bond donors (Lipinski definition) is 0. The van der Waals surface area contributed by atoms with Crippen molar-refractivity contribution in [1.82, 2.24) is 4.98 Å². The summed E-state index contributed by atoms with van der Waals surface area (Å²) in [5, 5.41) is 1.10. The van der Waals surface area contributed by atoms with Crippen LogP contribution in [0.3, 0.4) is 0 Å². The fraction of sp³-hybridized carbons (Fsp3) is 0.0833. The molecule has 88 valence electrons. The van der Waals surface area contributed by atoms with Gasteiger partial charge in [0, 0.05) is 11.8 Å². The molecule has 0 spiro atoms. The zero-order chi connectivity index (χ0) is 12.4. The lowest BCUT2D eigenvalue weighted by molar-refractivity contribution is 0.415. The molecule has 5 heteroatoms. The number of rotatable bonds is 2. The molecular formula is C12H8Cl3NO. The monoisotopic (exact) mass is 287 g/mol. The number of ether oxygens (including phenoxy) is 1. The number of nitrogens with zero attached hydrogens (tertiary/aromatic N) is 1. The van der Waals surface area contributed by atoms with Gasteiger partial charge in [0.05, 0.1) is 22.2 Å². The lowest BCUT2D eigenvalue weighted by atomic mass is 10.1. The summed E-state index contributed by atoms with van der Waals surface area (Å²) in [5.74, 6) is 0.632. The fourth-order valence-electron chi connectivity index (χ4n) is 1.47. The van der Waals surface area contributed by atoms with Gasteiger partial charge >= 0.3 is 0 Å². The van der Waals surface area contributed by atoms with Gasteiger partial charge < -0.3 is 4.74 Å². The largest absolute Gasteiger partial charge is 0.494 e. The van der Waals surface area contributed by atoms with Gasteiger partial charge in [-0.1, -0.05) is 34.8 Å². The van der Waals surface area contributed by atoms with E-state index in [-0.39, 0.29) is 0 Å². The SMILES string of the molecule is COc1cccnc1-c1ccc(Cl)c(Cl)c1Cl. The Labute approximate surface area is 114 Å². The van der Waals surface area contributed by atoms with Gasteiger partial charge in [-0.15, -0.1) is 0 Å². The molecular weight excluding hydrogens is 280 g/mol. The van der Waals surface area contributed by atoms with Crippen LogP contribution in [0.15, 0.2) is 30.5 Å². The van der Waals surface area contributed by atoms with Gasteiger partial charge in [-0.25, -0.2) is 0 Å². The molecule has 0 aliphatic carbocycles. The van der Waals surface area contributed by atoms with Crippen LogP contribution >= 0.6 is 34.8 Å². The number of hydrogen-bond acceptors (Lipinski definition) is 2. The second kappa shape index (κ2) is 5.13. The first-order valence-corrected chi connectivity index (χ1v) is 5.91. The summed E-state index contributed by atoms with van der Waals surface area (Å²) < 4.78 is 5.23. The molecule has 0 fully saturated rings. The number of pyridine rings is 1. The highest BCUT2D eigenvalue weighted by Crippen LogP contribution is 2.39. The second-order valence-electron chi connectivity index (χ2n) is 3.28. The molecule has 0 aliphatic rings. The molecule has 2 aromatic rings. The minimum absolute atomic E-state index is 0.318. The fourth-order valence-corrected chi connectivity index (χ4v) is 2.09. The maximum Gasteiger partial charge on any atom is 0.145 e. The van der Waals surface area contributed by atoms with E-state index in [0.717, 1.165) is 0 Å². The van der Waals surface area contributed by atoms with Gasteiger partial charge in [0.25, 0.3) is 0 Å². The summed E-state index contributed by atoms with van der Waals surface area (Å²) in [4.78, 5) is 4.24. The maximum atomic E-state index is 6.15. The third-order valence-electron chi connectivity index (χ3n) is 2.28. The van der Waals surface area contributed by atoms with E-state index in [1.54, 1.807) is 37.6 Å². The van der Waals surface area contributed by atoms with Gasteiger partial charge in [0.15, 0.2) is 0 Å². The molecule has 0 unspecified atom stereocenters. The predicted octanol–water partition coefficient (Wildman–Crippen LogP) is 4.72. The van der Waals surface area contributed by atoms with Gasteiger partial charge in [-0.05, 0) is 24.3 Å². The van der Waals surface area contributed by atoms with Crippen LogP contribution in [0.1, 0.15) is 0 Å². The minimum Gasteiger partial charge on any atom is -0.494 e. The van der Waals surface area contributed by atoms with Crippen LogP contribution in [0.2, 0.25) is 15.1 Å². The first-order valence-electron chi connectivity index (χ1n) is 4.78.